The molecule has 0 aliphatic heterocycles. The number of fused-ring (bicyclic) bond motifs is 2. The summed E-state index contributed by atoms with van der Waals surface area (Å²) < 4.78 is 0. The van der Waals surface area contributed by atoms with Crippen molar-refractivity contribution < 1.29 is 4.79 Å². The average molecular weight is 215 g/mol. The van der Waals surface area contributed by atoms with Gasteiger partial charge in [0.15, 0.2) is 0 Å². The maximum Gasteiger partial charge on any atom is 0.271 e. The van der Waals surface area contributed by atoms with E-state index in [9.17, 15) is 4.79 Å². The van der Waals surface area contributed by atoms with Crippen LogP contribution >= 0.6 is 0 Å². The lowest BCUT2D eigenvalue weighted by Crippen LogP contribution is -2.37. The molecule has 0 radical (unpaired) electrons. The highest BCUT2D eigenvalue weighted by molar-refractivity contribution is 5.92. The first-order chi connectivity index (χ1) is 7.83. The summed E-state index contributed by atoms with van der Waals surface area (Å²) in [4.78, 5) is 19.7. The Kier molecular flexibility index (Phi) is 2.20. The molecule has 1 saturated carbocycles. The number of nitrogens with zero attached hydrogens (tertiary/aromatic N) is 2. The van der Waals surface area contributed by atoms with E-state index < -0.39 is 0 Å². The van der Waals surface area contributed by atoms with Gasteiger partial charge < -0.3 is 5.32 Å². The summed E-state index contributed by atoms with van der Waals surface area (Å²) >= 11 is 0. The van der Waals surface area contributed by atoms with E-state index in [1.807, 2.05) is 0 Å². The monoisotopic (exact) mass is 215 g/mol. The number of hydrogen-bond acceptors (Lipinski definition) is 3. The van der Waals surface area contributed by atoms with E-state index in [1.165, 1.54) is 18.8 Å². The lowest BCUT2D eigenvalue weighted by molar-refractivity contribution is 0.0926. The molecule has 0 saturated heterocycles. The molecule has 1 aromatic heterocycles. The summed E-state index contributed by atoms with van der Waals surface area (Å²) in [6, 6.07) is 0.282. The molecule has 82 valence electrons. The van der Waals surface area contributed by atoms with Crippen LogP contribution < -0.4 is 5.32 Å². The number of carbonyl (C=O) groups excluding carboxylic acids is 1. The fourth-order valence-corrected chi connectivity index (χ4v) is 2.61. The van der Waals surface area contributed by atoms with Crippen LogP contribution in [-0.2, 0) is 0 Å². The quantitative estimate of drug-likeness (QED) is 0.753. The van der Waals surface area contributed by atoms with E-state index >= 15 is 0 Å². The Morgan fingerprint density at radius 3 is 2.88 bits per heavy atom. The van der Waals surface area contributed by atoms with Crippen molar-refractivity contribution in [1.82, 2.24) is 15.3 Å². The standard InChI is InChI=1S/C12H13N3O/c16-12(11-7-13-3-4-14-11)15-10-6-8-1-2-9(10)5-8/h1-4,7-10H,5-6H2,(H,15,16). The second-order valence-electron chi connectivity index (χ2n) is 4.45. The van der Waals surface area contributed by atoms with Gasteiger partial charge in [-0.2, -0.15) is 0 Å². The molecule has 0 spiro atoms. The van der Waals surface area contributed by atoms with Crippen molar-refractivity contribution in [2.45, 2.75) is 18.9 Å². The minimum atomic E-state index is -0.112. The van der Waals surface area contributed by atoms with Gasteiger partial charge in [0.25, 0.3) is 5.91 Å². The SMILES string of the molecule is O=C(NC1CC2C=CC1C2)c1cnccn1. The van der Waals surface area contributed by atoms with Crippen LogP contribution in [0.1, 0.15) is 23.3 Å². The minimum absolute atomic E-state index is 0.112. The summed E-state index contributed by atoms with van der Waals surface area (Å²) in [6.07, 6.45) is 11.3. The third kappa shape index (κ3) is 1.60. The fourth-order valence-electron chi connectivity index (χ4n) is 2.61. The van der Waals surface area contributed by atoms with Gasteiger partial charge >= 0.3 is 0 Å². The Morgan fingerprint density at radius 1 is 1.31 bits per heavy atom. The largest absolute Gasteiger partial charge is 0.347 e. The van der Waals surface area contributed by atoms with Crippen molar-refractivity contribution in [1.29, 1.82) is 0 Å². The molecule has 1 aromatic rings. The Hall–Kier alpha value is -1.71. The Bertz CT molecular complexity index is 429. The third-order valence-electron chi connectivity index (χ3n) is 3.39. The molecule has 1 heterocycles. The molecule has 4 nitrogen and oxygen atoms in total. The first-order valence-electron chi connectivity index (χ1n) is 5.58. The van der Waals surface area contributed by atoms with Crippen LogP contribution in [0, 0.1) is 11.8 Å². The smallest absolute Gasteiger partial charge is 0.271 e. The van der Waals surface area contributed by atoms with Gasteiger partial charge in [-0.15, -0.1) is 0 Å². The van der Waals surface area contributed by atoms with Crippen LogP contribution in [0.15, 0.2) is 30.7 Å². The van der Waals surface area contributed by atoms with Crippen molar-refractivity contribution in [3.63, 3.8) is 0 Å². The zero-order valence-corrected chi connectivity index (χ0v) is 8.84. The number of amides is 1. The highest BCUT2D eigenvalue weighted by Gasteiger charge is 2.36. The van der Waals surface area contributed by atoms with E-state index in [4.69, 9.17) is 0 Å². The van der Waals surface area contributed by atoms with E-state index in [0.29, 0.717) is 17.5 Å². The Morgan fingerprint density at radius 2 is 2.25 bits per heavy atom. The number of allylic oxidation sites excluding steroid dienone is 1. The second-order valence-corrected chi connectivity index (χ2v) is 4.45. The molecule has 1 N–H and O–H groups in total. The van der Waals surface area contributed by atoms with Crippen LogP contribution in [0.4, 0.5) is 0 Å². The van der Waals surface area contributed by atoms with Crippen LogP contribution in [0.2, 0.25) is 0 Å². The highest BCUT2D eigenvalue weighted by atomic mass is 16.1. The molecule has 3 atom stereocenters. The maximum absolute atomic E-state index is 11.8. The minimum Gasteiger partial charge on any atom is -0.347 e. The Labute approximate surface area is 93.8 Å². The van der Waals surface area contributed by atoms with Gasteiger partial charge in [-0.25, -0.2) is 4.98 Å². The van der Waals surface area contributed by atoms with Gasteiger partial charge in [0.2, 0.25) is 0 Å². The van der Waals surface area contributed by atoms with Gasteiger partial charge in [0.1, 0.15) is 5.69 Å². The highest BCUT2D eigenvalue weighted by Crippen LogP contribution is 2.38. The molecule has 1 fully saturated rings. The number of carbonyl (C=O) groups is 1. The molecule has 2 aliphatic rings. The fraction of sp³-hybridized carbons (Fsp3) is 0.417. The normalized spacial score (nSPS) is 30.6. The summed E-state index contributed by atoms with van der Waals surface area (Å²) in [6.45, 7) is 0. The predicted octanol–water partition coefficient (Wildman–Crippen LogP) is 1.17. The number of rotatable bonds is 2. The lowest BCUT2D eigenvalue weighted by atomic mass is 10.0. The predicted molar refractivity (Wildman–Crippen MR) is 58.6 cm³/mol. The van der Waals surface area contributed by atoms with Gasteiger partial charge in [-0.1, -0.05) is 12.2 Å². The molecule has 3 rings (SSSR count). The van der Waals surface area contributed by atoms with Crippen LogP contribution in [0.25, 0.3) is 0 Å². The van der Waals surface area contributed by atoms with E-state index in [-0.39, 0.29) is 11.9 Å². The summed E-state index contributed by atoms with van der Waals surface area (Å²) in [5.41, 5.74) is 0.397. The summed E-state index contributed by atoms with van der Waals surface area (Å²) in [5.74, 6) is 1.07. The summed E-state index contributed by atoms with van der Waals surface area (Å²) in [7, 11) is 0. The van der Waals surface area contributed by atoms with Crippen LogP contribution in [-0.4, -0.2) is 21.9 Å². The molecular formula is C12H13N3O. The molecule has 4 heteroatoms. The number of aromatic nitrogens is 2. The van der Waals surface area contributed by atoms with Crippen molar-refractivity contribution in [2.75, 3.05) is 0 Å². The maximum atomic E-state index is 11.8. The zero-order valence-electron chi connectivity index (χ0n) is 8.84. The van der Waals surface area contributed by atoms with Gasteiger partial charge in [0.05, 0.1) is 6.20 Å². The van der Waals surface area contributed by atoms with Crippen molar-refractivity contribution in [2.24, 2.45) is 11.8 Å². The van der Waals surface area contributed by atoms with Crippen molar-refractivity contribution in [3.8, 4) is 0 Å². The number of hydrogen-bond donors (Lipinski definition) is 1. The molecular weight excluding hydrogens is 202 g/mol. The van der Waals surface area contributed by atoms with E-state index in [2.05, 4.69) is 27.4 Å². The van der Waals surface area contributed by atoms with Gasteiger partial charge in [-0.05, 0) is 24.7 Å². The Balaban J connectivity index is 1.68. The number of nitrogens with one attached hydrogen (secondary N) is 1. The van der Waals surface area contributed by atoms with E-state index in [1.54, 1.807) is 6.20 Å². The molecule has 2 aliphatic carbocycles. The second kappa shape index (κ2) is 3.70. The topological polar surface area (TPSA) is 54.9 Å². The van der Waals surface area contributed by atoms with Gasteiger partial charge in [0, 0.05) is 18.4 Å². The first kappa shape index (κ1) is 9.51. The lowest BCUT2D eigenvalue weighted by Gasteiger charge is -2.19. The first-order valence-corrected chi connectivity index (χ1v) is 5.58. The van der Waals surface area contributed by atoms with Crippen LogP contribution in [0.3, 0.4) is 0 Å². The molecule has 2 bridgehead atoms. The average Bonchev–Trinajstić information content (AvgIpc) is 2.92. The molecule has 1 amide bonds. The molecule has 16 heavy (non-hydrogen) atoms. The third-order valence-corrected chi connectivity index (χ3v) is 3.39. The molecule has 0 aromatic carbocycles. The van der Waals surface area contributed by atoms with E-state index in [0.717, 1.165) is 6.42 Å². The molecule has 3 unspecified atom stereocenters. The van der Waals surface area contributed by atoms with Crippen molar-refractivity contribution >= 4 is 5.91 Å². The summed E-state index contributed by atoms with van der Waals surface area (Å²) in [5, 5.41) is 3.03. The van der Waals surface area contributed by atoms with Crippen molar-refractivity contribution in [3.05, 3.63) is 36.4 Å². The zero-order chi connectivity index (χ0) is 11.0. The van der Waals surface area contributed by atoms with Gasteiger partial charge in [-0.3, -0.25) is 9.78 Å². The van der Waals surface area contributed by atoms with Crippen LogP contribution in [0.5, 0.6) is 0 Å².